The minimum atomic E-state index is -4.14. The van der Waals surface area contributed by atoms with E-state index in [1.807, 2.05) is 12.1 Å². The molecule has 2 N–H and O–H groups in total. The molecule has 0 heterocycles. The highest BCUT2D eigenvalue weighted by atomic mass is 32.2. The number of nitrogens with one attached hydrogen (secondary N) is 1. The largest absolute Gasteiger partial charge is 0.346 e. The Hall–Kier alpha value is -1.40. The first-order valence-electron chi connectivity index (χ1n) is 6.49. The van der Waals surface area contributed by atoms with Crippen molar-refractivity contribution >= 4 is 16.0 Å². The first-order chi connectivity index (χ1) is 9.13. The van der Waals surface area contributed by atoms with Gasteiger partial charge in [0.1, 0.15) is 0 Å². The third-order valence-electron chi connectivity index (χ3n) is 2.75. The molecule has 1 aromatic carbocycles. The molecule has 6 heteroatoms. The molecule has 112 valence electrons. The maximum absolute atomic E-state index is 12.0. The molecule has 5 nitrogen and oxygen atoms in total. The molecular weight excluding hydrogens is 278 g/mol. The lowest BCUT2D eigenvalue weighted by molar-refractivity contribution is 0.0920. The summed E-state index contributed by atoms with van der Waals surface area (Å²) in [6, 6.07) is 7.19. The molecule has 0 radical (unpaired) electrons. The molecule has 0 aliphatic rings. The highest BCUT2D eigenvalue weighted by molar-refractivity contribution is 7.85. The summed E-state index contributed by atoms with van der Waals surface area (Å²) in [4.78, 5) is 12.0. The predicted molar refractivity (Wildman–Crippen MR) is 78.4 cm³/mol. The normalized spacial score (nSPS) is 12.2. The van der Waals surface area contributed by atoms with Gasteiger partial charge in [0.2, 0.25) is 0 Å². The van der Waals surface area contributed by atoms with Crippen LogP contribution >= 0.6 is 0 Å². The van der Waals surface area contributed by atoms with Crippen LogP contribution in [0, 0.1) is 0 Å². The molecule has 1 rings (SSSR count). The van der Waals surface area contributed by atoms with Gasteiger partial charge in [-0.3, -0.25) is 9.35 Å². The Morgan fingerprint density at radius 2 is 1.80 bits per heavy atom. The molecule has 0 atom stereocenters. The van der Waals surface area contributed by atoms with Gasteiger partial charge in [-0.05, 0) is 38.0 Å². The fraction of sp³-hybridized carbons (Fsp3) is 0.500. The summed E-state index contributed by atoms with van der Waals surface area (Å²) in [7, 11) is -4.14. The van der Waals surface area contributed by atoms with Crippen LogP contribution in [0.5, 0.6) is 0 Å². The van der Waals surface area contributed by atoms with Crippen LogP contribution in [0.2, 0.25) is 0 Å². The van der Waals surface area contributed by atoms with E-state index < -0.39 is 21.4 Å². The fourth-order valence-electron chi connectivity index (χ4n) is 1.98. The molecule has 0 unspecified atom stereocenters. The first kappa shape index (κ1) is 16.7. The summed E-state index contributed by atoms with van der Waals surface area (Å²) in [5.74, 6) is -0.888. The maximum atomic E-state index is 12.0. The van der Waals surface area contributed by atoms with Crippen molar-refractivity contribution in [2.24, 2.45) is 0 Å². The number of rotatable bonds is 6. The van der Waals surface area contributed by atoms with Crippen molar-refractivity contribution in [1.29, 1.82) is 0 Å². The van der Waals surface area contributed by atoms with E-state index in [4.69, 9.17) is 4.55 Å². The van der Waals surface area contributed by atoms with Gasteiger partial charge < -0.3 is 5.32 Å². The van der Waals surface area contributed by atoms with E-state index >= 15 is 0 Å². The van der Waals surface area contributed by atoms with Crippen molar-refractivity contribution in [2.75, 3.05) is 5.75 Å². The van der Waals surface area contributed by atoms with Crippen LogP contribution in [-0.2, 0) is 16.5 Å². The lowest BCUT2D eigenvalue weighted by atomic mass is 10.1. The zero-order chi connectivity index (χ0) is 15.4. The monoisotopic (exact) mass is 299 g/mol. The minimum Gasteiger partial charge on any atom is -0.346 e. The molecule has 1 aromatic rings. The van der Waals surface area contributed by atoms with Crippen LogP contribution in [-0.4, -0.2) is 30.2 Å². The molecule has 0 bridgehead atoms. The van der Waals surface area contributed by atoms with Gasteiger partial charge in [-0.15, -0.1) is 0 Å². The van der Waals surface area contributed by atoms with Gasteiger partial charge in [0, 0.05) is 5.56 Å². The van der Waals surface area contributed by atoms with Crippen LogP contribution in [0.3, 0.4) is 0 Å². The van der Waals surface area contributed by atoms with Crippen LogP contribution in [0.4, 0.5) is 0 Å². The Morgan fingerprint density at radius 1 is 1.25 bits per heavy atom. The zero-order valence-corrected chi connectivity index (χ0v) is 12.8. The summed E-state index contributed by atoms with van der Waals surface area (Å²) in [5.41, 5.74) is 0.585. The molecular formula is C14H21NO4S. The summed E-state index contributed by atoms with van der Waals surface area (Å²) in [5, 5.41) is 2.60. The number of aryl methyl sites for hydroxylation is 1. The second-order valence-corrected chi connectivity index (χ2v) is 6.96. The Labute approximate surface area is 120 Å². The summed E-state index contributed by atoms with van der Waals surface area (Å²) in [6.45, 7) is 5.17. The standard InChI is InChI=1S/C14H21NO4S/c1-4-5-11-6-8-12(9-7-11)13(16)15-14(2,3)10-20(17,18)19/h6-9H,4-5,10H2,1-3H3,(H,15,16)(H,17,18,19). The highest BCUT2D eigenvalue weighted by Gasteiger charge is 2.27. The lowest BCUT2D eigenvalue weighted by Crippen LogP contribution is -2.48. The molecule has 1 amide bonds. The molecule has 0 spiro atoms. The fourth-order valence-corrected chi connectivity index (χ4v) is 2.97. The van der Waals surface area contributed by atoms with Gasteiger partial charge in [-0.25, -0.2) is 0 Å². The van der Waals surface area contributed by atoms with Crippen molar-refractivity contribution in [3.63, 3.8) is 0 Å². The zero-order valence-electron chi connectivity index (χ0n) is 12.0. The average Bonchev–Trinajstić information content (AvgIpc) is 2.26. The number of amides is 1. The van der Waals surface area contributed by atoms with E-state index in [1.54, 1.807) is 26.0 Å². The average molecular weight is 299 g/mol. The van der Waals surface area contributed by atoms with Crippen LogP contribution in [0.15, 0.2) is 24.3 Å². The van der Waals surface area contributed by atoms with E-state index in [2.05, 4.69) is 12.2 Å². The Kier molecular flexibility index (Phi) is 5.30. The quantitative estimate of drug-likeness (QED) is 0.787. The number of benzene rings is 1. The summed E-state index contributed by atoms with van der Waals surface area (Å²) < 4.78 is 30.6. The third kappa shape index (κ3) is 5.71. The molecule has 0 aliphatic heterocycles. The Morgan fingerprint density at radius 3 is 2.25 bits per heavy atom. The van der Waals surface area contributed by atoms with Crippen LogP contribution in [0.25, 0.3) is 0 Å². The number of hydrogen-bond donors (Lipinski definition) is 2. The van der Waals surface area contributed by atoms with Gasteiger partial charge in [0.05, 0.1) is 11.3 Å². The van der Waals surface area contributed by atoms with Crippen molar-refractivity contribution in [2.45, 2.75) is 39.2 Å². The van der Waals surface area contributed by atoms with E-state index in [9.17, 15) is 13.2 Å². The first-order valence-corrected chi connectivity index (χ1v) is 8.10. The van der Waals surface area contributed by atoms with Gasteiger partial charge in [0.15, 0.2) is 0 Å². The molecule has 0 saturated heterocycles. The second kappa shape index (κ2) is 6.37. The topological polar surface area (TPSA) is 83.5 Å². The van der Waals surface area contributed by atoms with E-state index in [0.29, 0.717) is 5.56 Å². The van der Waals surface area contributed by atoms with Crippen LogP contribution in [0.1, 0.15) is 43.1 Å². The molecule has 20 heavy (non-hydrogen) atoms. The van der Waals surface area contributed by atoms with Gasteiger partial charge >= 0.3 is 0 Å². The predicted octanol–water partition coefficient (Wildman–Crippen LogP) is 2.04. The second-order valence-electron chi connectivity index (χ2n) is 5.51. The van der Waals surface area contributed by atoms with Crippen molar-refractivity contribution in [3.05, 3.63) is 35.4 Å². The Balaban J connectivity index is 2.75. The molecule has 0 aromatic heterocycles. The maximum Gasteiger partial charge on any atom is 0.267 e. The van der Waals surface area contributed by atoms with Crippen molar-refractivity contribution in [1.82, 2.24) is 5.32 Å². The van der Waals surface area contributed by atoms with E-state index in [0.717, 1.165) is 18.4 Å². The third-order valence-corrected chi connectivity index (χ3v) is 3.84. The van der Waals surface area contributed by atoms with Gasteiger partial charge in [-0.2, -0.15) is 8.42 Å². The number of carbonyl (C=O) groups excluding carboxylic acids is 1. The smallest absolute Gasteiger partial charge is 0.267 e. The van der Waals surface area contributed by atoms with E-state index in [-0.39, 0.29) is 5.91 Å². The van der Waals surface area contributed by atoms with Gasteiger partial charge in [-0.1, -0.05) is 25.5 Å². The lowest BCUT2D eigenvalue weighted by Gasteiger charge is -2.24. The SMILES string of the molecule is CCCc1ccc(C(=O)NC(C)(C)CS(=O)(=O)O)cc1. The van der Waals surface area contributed by atoms with E-state index in [1.165, 1.54) is 0 Å². The summed E-state index contributed by atoms with van der Waals surface area (Å²) in [6.07, 6.45) is 1.99. The van der Waals surface area contributed by atoms with Crippen molar-refractivity contribution < 1.29 is 17.8 Å². The van der Waals surface area contributed by atoms with Crippen LogP contribution < -0.4 is 5.32 Å². The highest BCUT2D eigenvalue weighted by Crippen LogP contribution is 2.10. The molecule has 0 fully saturated rings. The Bertz CT molecular complexity index is 561. The minimum absolute atomic E-state index is 0.360. The molecule has 0 aliphatic carbocycles. The van der Waals surface area contributed by atoms with Gasteiger partial charge in [0.25, 0.3) is 16.0 Å². The summed E-state index contributed by atoms with van der Waals surface area (Å²) >= 11 is 0. The number of carbonyl (C=O) groups is 1. The molecule has 0 saturated carbocycles. The number of hydrogen-bond acceptors (Lipinski definition) is 3. The van der Waals surface area contributed by atoms with Crippen molar-refractivity contribution in [3.8, 4) is 0 Å².